The quantitative estimate of drug-likeness (QED) is 0.379. The second-order valence-electron chi connectivity index (χ2n) is 2.07. The van der Waals surface area contributed by atoms with E-state index in [0.717, 1.165) is 0 Å². The molecule has 6 nitrogen and oxygen atoms in total. The van der Waals surface area contributed by atoms with E-state index in [1.807, 2.05) is 0 Å². The van der Waals surface area contributed by atoms with Gasteiger partial charge in [0.05, 0.1) is 5.56 Å². The molecule has 0 aliphatic rings. The van der Waals surface area contributed by atoms with Gasteiger partial charge in [0.25, 0.3) is 5.91 Å². The van der Waals surface area contributed by atoms with Gasteiger partial charge in [-0.15, -0.1) is 0 Å². The normalized spacial score (nSPS) is 9.33. The van der Waals surface area contributed by atoms with Gasteiger partial charge in [-0.3, -0.25) is 10.2 Å². The summed E-state index contributed by atoms with van der Waals surface area (Å²) in [6.07, 6.45) is 2.46. The zero-order valence-electron chi connectivity index (χ0n) is 6.11. The minimum atomic E-state index is -0.606. The third-order valence-electron chi connectivity index (χ3n) is 1.18. The highest BCUT2D eigenvalue weighted by Gasteiger charge is 2.03. The lowest BCUT2D eigenvalue weighted by Crippen LogP contribution is -2.17. The molecule has 0 atom stereocenters. The Hall–Kier alpha value is -1.98. The summed E-state index contributed by atoms with van der Waals surface area (Å²) in [5.41, 5.74) is 10.2. The average Bonchev–Trinajstić information content (AvgIpc) is 2.04. The van der Waals surface area contributed by atoms with Crippen molar-refractivity contribution in [1.29, 1.82) is 5.41 Å². The van der Waals surface area contributed by atoms with E-state index in [1.54, 1.807) is 0 Å². The summed E-state index contributed by atoms with van der Waals surface area (Å²) in [5, 5.41) is 6.95. The number of hydrogen-bond acceptors (Lipinski definition) is 4. The zero-order valence-corrected chi connectivity index (χ0v) is 6.11. The number of rotatable bonds is 2. The predicted octanol–water partition coefficient (Wildman–Crippen LogP) is -1.14. The van der Waals surface area contributed by atoms with Crippen molar-refractivity contribution in [2.75, 3.05) is 0 Å². The molecule has 5 N–H and O–H groups in total. The largest absolute Gasteiger partial charge is 0.381 e. The van der Waals surface area contributed by atoms with Gasteiger partial charge in [0.15, 0.2) is 11.7 Å². The summed E-state index contributed by atoms with van der Waals surface area (Å²) in [7, 11) is 0. The van der Waals surface area contributed by atoms with E-state index in [-0.39, 0.29) is 17.2 Å². The van der Waals surface area contributed by atoms with Crippen LogP contribution < -0.4 is 11.5 Å². The fourth-order valence-electron chi connectivity index (χ4n) is 0.594. The maximum absolute atomic E-state index is 10.5. The highest BCUT2D eigenvalue weighted by molar-refractivity contribution is 5.94. The summed E-state index contributed by atoms with van der Waals surface area (Å²) in [5.74, 6) is -0.767. The van der Waals surface area contributed by atoms with Crippen molar-refractivity contribution >= 4 is 11.7 Å². The summed E-state index contributed by atoms with van der Waals surface area (Å²) in [6, 6.07) is 0. The first-order chi connectivity index (χ1) is 5.61. The number of amidine groups is 1. The van der Waals surface area contributed by atoms with E-state index >= 15 is 0 Å². The van der Waals surface area contributed by atoms with Crippen LogP contribution in [-0.2, 0) is 0 Å². The molecule has 1 aromatic rings. The van der Waals surface area contributed by atoms with E-state index in [9.17, 15) is 4.79 Å². The van der Waals surface area contributed by atoms with Crippen LogP contribution in [0.15, 0.2) is 12.4 Å². The van der Waals surface area contributed by atoms with E-state index in [2.05, 4.69) is 9.97 Å². The number of carbonyl (C=O) groups is 1. The fourth-order valence-corrected chi connectivity index (χ4v) is 0.594. The number of nitrogen functional groups attached to an aromatic ring is 1. The molecule has 0 saturated heterocycles. The standard InChI is InChI=1S/C6H7N5O/c7-4(8)6-10-1-3(2-11-6)5(9)12/h1-2H,(H3,7,8)(H2,9,12). The van der Waals surface area contributed by atoms with Crippen molar-refractivity contribution in [3.05, 3.63) is 23.8 Å². The zero-order chi connectivity index (χ0) is 9.14. The average molecular weight is 165 g/mol. The van der Waals surface area contributed by atoms with Gasteiger partial charge in [-0.05, 0) is 0 Å². The Balaban J connectivity index is 3.01. The van der Waals surface area contributed by atoms with Crippen LogP contribution in [0.3, 0.4) is 0 Å². The molecule has 0 saturated carbocycles. The Morgan fingerprint density at radius 3 is 2.17 bits per heavy atom. The molecule has 0 aliphatic heterocycles. The van der Waals surface area contributed by atoms with Crippen LogP contribution in [0.1, 0.15) is 16.2 Å². The summed E-state index contributed by atoms with van der Waals surface area (Å²) in [4.78, 5) is 17.8. The summed E-state index contributed by atoms with van der Waals surface area (Å²) in [6.45, 7) is 0. The van der Waals surface area contributed by atoms with Crippen molar-refractivity contribution in [3.8, 4) is 0 Å². The number of carbonyl (C=O) groups excluding carboxylic acids is 1. The van der Waals surface area contributed by atoms with Crippen LogP contribution in [0.25, 0.3) is 0 Å². The van der Waals surface area contributed by atoms with Gasteiger partial charge in [-0.2, -0.15) is 0 Å². The van der Waals surface area contributed by atoms with Crippen molar-refractivity contribution < 1.29 is 4.79 Å². The Morgan fingerprint density at radius 1 is 1.33 bits per heavy atom. The third-order valence-corrected chi connectivity index (χ3v) is 1.18. The lowest BCUT2D eigenvalue weighted by Gasteiger charge is -1.96. The lowest BCUT2D eigenvalue weighted by atomic mass is 10.3. The Labute approximate surface area is 68.1 Å². The van der Waals surface area contributed by atoms with Crippen LogP contribution in [0.2, 0.25) is 0 Å². The van der Waals surface area contributed by atoms with Crippen LogP contribution in [0.4, 0.5) is 0 Å². The van der Waals surface area contributed by atoms with Crippen molar-refractivity contribution in [2.45, 2.75) is 0 Å². The van der Waals surface area contributed by atoms with Crippen LogP contribution in [-0.4, -0.2) is 21.7 Å². The minimum Gasteiger partial charge on any atom is -0.381 e. The number of aromatic nitrogens is 2. The predicted molar refractivity (Wildman–Crippen MR) is 41.6 cm³/mol. The minimum absolute atomic E-state index is 0.0833. The molecule has 0 aliphatic carbocycles. The first-order valence-corrected chi connectivity index (χ1v) is 3.07. The molecule has 1 heterocycles. The second-order valence-corrected chi connectivity index (χ2v) is 2.07. The van der Waals surface area contributed by atoms with Gasteiger partial charge in [-0.25, -0.2) is 9.97 Å². The molecule has 0 radical (unpaired) electrons. The Morgan fingerprint density at radius 2 is 1.83 bits per heavy atom. The summed E-state index contributed by atoms with van der Waals surface area (Å²) < 4.78 is 0. The molecular formula is C6H7N5O. The van der Waals surface area contributed by atoms with Gasteiger partial charge in [0.2, 0.25) is 0 Å². The highest BCUT2D eigenvalue weighted by atomic mass is 16.1. The van der Waals surface area contributed by atoms with Gasteiger partial charge < -0.3 is 11.5 Å². The molecule has 1 amide bonds. The molecule has 1 aromatic heterocycles. The van der Waals surface area contributed by atoms with E-state index in [1.165, 1.54) is 12.4 Å². The number of hydrogen-bond donors (Lipinski definition) is 3. The SMILES string of the molecule is N=C(N)c1ncc(C(N)=O)cn1. The van der Waals surface area contributed by atoms with Gasteiger partial charge in [0.1, 0.15) is 0 Å². The maximum Gasteiger partial charge on any atom is 0.251 e. The monoisotopic (exact) mass is 165 g/mol. The highest BCUT2D eigenvalue weighted by Crippen LogP contribution is 1.93. The van der Waals surface area contributed by atoms with Crippen molar-refractivity contribution in [3.63, 3.8) is 0 Å². The molecule has 0 aromatic carbocycles. The second kappa shape index (κ2) is 2.95. The number of nitrogens with two attached hydrogens (primary N) is 2. The molecule has 1 rings (SSSR count). The van der Waals surface area contributed by atoms with Crippen LogP contribution in [0, 0.1) is 5.41 Å². The number of amides is 1. The maximum atomic E-state index is 10.5. The van der Waals surface area contributed by atoms with Crippen LogP contribution >= 0.6 is 0 Å². The lowest BCUT2D eigenvalue weighted by molar-refractivity contribution is 0.0999. The van der Waals surface area contributed by atoms with E-state index < -0.39 is 5.91 Å². The number of primary amides is 1. The van der Waals surface area contributed by atoms with Gasteiger partial charge >= 0.3 is 0 Å². The van der Waals surface area contributed by atoms with Crippen molar-refractivity contribution in [2.24, 2.45) is 11.5 Å². The number of nitrogens with zero attached hydrogens (tertiary/aromatic N) is 2. The number of nitrogens with one attached hydrogen (secondary N) is 1. The molecule has 6 heteroatoms. The Kier molecular flexibility index (Phi) is 2.00. The topological polar surface area (TPSA) is 119 Å². The van der Waals surface area contributed by atoms with Crippen LogP contribution in [0.5, 0.6) is 0 Å². The van der Waals surface area contributed by atoms with E-state index in [4.69, 9.17) is 16.9 Å². The first-order valence-electron chi connectivity index (χ1n) is 3.07. The van der Waals surface area contributed by atoms with Gasteiger partial charge in [0, 0.05) is 12.4 Å². The Bertz CT molecular complexity index is 284. The molecule has 0 fully saturated rings. The summed E-state index contributed by atoms with van der Waals surface area (Å²) >= 11 is 0. The molecule has 0 bridgehead atoms. The van der Waals surface area contributed by atoms with E-state index in [0.29, 0.717) is 0 Å². The molecular weight excluding hydrogens is 158 g/mol. The molecule has 12 heavy (non-hydrogen) atoms. The van der Waals surface area contributed by atoms with Crippen molar-refractivity contribution in [1.82, 2.24) is 9.97 Å². The first kappa shape index (κ1) is 8.12. The third kappa shape index (κ3) is 1.54. The smallest absolute Gasteiger partial charge is 0.251 e. The molecule has 62 valence electrons. The fraction of sp³-hybridized carbons (Fsp3) is 0. The molecule has 0 spiro atoms. The van der Waals surface area contributed by atoms with Gasteiger partial charge in [-0.1, -0.05) is 0 Å². The molecule has 0 unspecified atom stereocenters.